The fourth-order valence-electron chi connectivity index (χ4n) is 1.97. The van der Waals surface area contributed by atoms with Crippen molar-refractivity contribution in [1.29, 1.82) is 0 Å². The minimum absolute atomic E-state index is 0.340. The van der Waals surface area contributed by atoms with E-state index in [2.05, 4.69) is 31.9 Å². The quantitative estimate of drug-likeness (QED) is 0.546. The lowest BCUT2D eigenvalue weighted by Gasteiger charge is -2.18. The van der Waals surface area contributed by atoms with Crippen molar-refractivity contribution >= 4 is 54.8 Å². The van der Waals surface area contributed by atoms with Crippen molar-refractivity contribution in [1.82, 2.24) is 0 Å². The van der Waals surface area contributed by atoms with Crippen LogP contribution in [0.2, 0.25) is 0 Å². The molecule has 7 heteroatoms. The van der Waals surface area contributed by atoms with Crippen molar-refractivity contribution in [3.63, 3.8) is 0 Å². The van der Waals surface area contributed by atoms with Crippen LogP contribution in [0.3, 0.4) is 0 Å². The molecule has 3 nitrogen and oxygen atoms in total. The first kappa shape index (κ1) is 16.9. The van der Waals surface area contributed by atoms with E-state index in [0.717, 1.165) is 18.7 Å². The fourth-order valence-corrected chi connectivity index (χ4v) is 4.42. The Balaban J connectivity index is 2.52. The molecule has 0 spiro atoms. The molecule has 114 valence electrons. The van der Waals surface area contributed by atoms with Crippen LogP contribution in [0, 0.1) is 0 Å². The van der Waals surface area contributed by atoms with E-state index in [1.165, 1.54) is 0 Å². The second kappa shape index (κ2) is 7.22. The Kier molecular flexibility index (Phi) is 5.82. The molecule has 0 aliphatic heterocycles. The Morgan fingerprint density at radius 3 is 2.19 bits per heavy atom. The third kappa shape index (κ3) is 3.33. The molecule has 21 heavy (non-hydrogen) atoms. The van der Waals surface area contributed by atoms with Crippen LogP contribution in [0.15, 0.2) is 26.5 Å². The van der Waals surface area contributed by atoms with Gasteiger partial charge in [0.1, 0.15) is 0 Å². The Labute approximate surface area is 149 Å². The molecule has 0 bridgehead atoms. The first-order chi connectivity index (χ1) is 10.0. The zero-order valence-corrected chi connectivity index (χ0v) is 16.3. The zero-order chi connectivity index (χ0) is 15.6. The third-order valence-corrected chi connectivity index (χ3v) is 6.84. The van der Waals surface area contributed by atoms with E-state index in [1.54, 1.807) is 32.7 Å². The Hall–Kier alpha value is -0.430. The van der Waals surface area contributed by atoms with Crippen LogP contribution in [-0.2, 0) is 0 Å². The first-order valence-electron chi connectivity index (χ1n) is 5.91. The molecule has 1 unspecified atom stereocenters. The van der Waals surface area contributed by atoms with Gasteiger partial charge in [-0.1, -0.05) is 0 Å². The van der Waals surface area contributed by atoms with E-state index in [-0.39, 0.29) is 5.38 Å². The molecular weight excluding hydrogens is 443 g/mol. The van der Waals surface area contributed by atoms with Crippen molar-refractivity contribution in [3.8, 4) is 17.2 Å². The van der Waals surface area contributed by atoms with Crippen LogP contribution in [-0.4, -0.2) is 21.3 Å². The molecule has 2 rings (SSSR count). The maximum absolute atomic E-state index is 6.62. The summed E-state index contributed by atoms with van der Waals surface area (Å²) in [5.41, 5.74) is 0.832. The monoisotopic (exact) mass is 454 g/mol. The van der Waals surface area contributed by atoms with E-state index in [1.807, 2.05) is 18.2 Å². The van der Waals surface area contributed by atoms with Gasteiger partial charge >= 0.3 is 0 Å². The highest BCUT2D eigenvalue weighted by Crippen LogP contribution is 2.47. The van der Waals surface area contributed by atoms with E-state index in [9.17, 15) is 0 Å². The van der Waals surface area contributed by atoms with E-state index >= 15 is 0 Å². The Bertz CT molecular complexity index is 626. The van der Waals surface area contributed by atoms with E-state index < -0.39 is 0 Å². The van der Waals surface area contributed by atoms with E-state index in [4.69, 9.17) is 25.8 Å². The summed E-state index contributed by atoms with van der Waals surface area (Å²) in [7, 11) is 4.75. The van der Waals surface area contributed by atoms with Gasteiger partial charge in [0.2, 0.25) is 5.75 Å². The summed E-state index contributed by atoms with van der Waals surface area (Å²) < 4.78 is 18.1. The number of methoxy groups -OCH3 is 3. The normalized spacial score (nSPS) is 12.1. The van der Waals surface area contributed by atoms with Crippen molar-refractivity contribution in [2.45, 2.75) is 5.38 Å². The molecule has 1 aromatic carbocycles. The molecule has 0 amide bonds. The topological polar surface area (TPSA) is 27.7 Å². The maximum Gasteiger partial charge on any atom is 0.203 e. The zero-order valence-electron chi connectivity index (χ0n) is 11.6. The summed E-state index contributed by atoms with van der Waals surface area (Å²) in [4.78, 5) is 1.00. The lowest BCUT2D eigenvalue weighted by molar-refractivity contribution is 0.322. The van der Waals surface area contributed by atoms with Crippen LogP contribution in [0.1, 0.15) is 15.8 Å². The average molecular weight is 457 g/mol. The van der Waals surface area contributed by atoms with Crippen molar-refractivity contribution in [2.75, 3.05) is 21.3 Å². The van der Waals surface area contributed by atoms with Crippen molar-refractivity contribution in [2.24, 2.45) is 0 Å². The SMILES string of the molecule is COc1ccc(C(Cl)c2cc(Br)c(Br)s2)c(OC)c1OC. The molecule has 0 radical (unpaired) electrons. The molecule has 0 N–H and O–H groups in total. The Morgan fingerprint density at radius 1 is 1.05 bits per heavy atom. The number of alkyl halides is 1. The summed E-state index contributed by atoms with van der Waals surface area (Å²) in [6.07, 6.45) is 0. The van der Waals surface area contributed by atoms with Gasteiger partial charge < -0.3 is 14.2 Å². The number of benzene rings is 1. The number of hydrogen-bond acceptors (Lipinski definition) is 4. The van der Waals surface area contributed by atoms with Gasteiger partial charge in [0.15, 0.2) is 11.5 Å². The molecule has 0 aliphatic carbocycles. The van der Waals surface area contributed by atoms with Gasteiger partial charge in [-0.2, -0.15) is 0 Å². The molecular formula is C14H13Br2ClO3S. The molecule has 0 aliphatic rings. The smallest absolute Gasteiger partial charge is 0.203 e. The molecule has 0 saturated carbocycles. The first-order valence-corrected chi connectivity index (χ1v) is 8.75. The molecule has 0 saturated heterocycles. The highest BCUT2D eigenvalue weighted by molar-refractivity contribution is 9.13. The largest absolute Gasteiger partial charge is 0.493 e. The maximum atomic E-state index is 6.62. The lowest BCUT2D eigenvalue weighted by Crippen LogP contribution is -2.00. The predicted octanol–water partition coefficient (Wildman–Crippen LogP) is 5.63. The van der Waals surface area contributed by atoms with Gasteiger partial charge in [-0.25, -0.2) is 0 Å². The molecule has 1 heterocycles. The minimum atomic E-state index is -0.340. The molecule has 0 fully saturated rings. The van der Waals surface area contributed by atoms with Gasteiger partial charge in [0.25, 0.3) is 0 Å². The van der Waals surface area contributed by atoms with Gasteiger partial charge in [0.05, 0.1) is 30.5 Å². The lowest BCUT2D eigenvalue weighted by atomic mass is 10.1. The van der Waals surface area contributed by atoms with Gasteiger partial charge in [0, 0.05) is 14.9 Å². The Morgan fingerprint density at radius 2 is 1.71 bits per heavy atom. The number of ether oxygens (including phenoxy) is 3. The molecule has 1 atom stereocenters. The molecule has 2 aromatic rings. The third-order valence-electron chi connectivity index (χ3n) is 2.92. The number of rotatable bonds is 5. The highest BCUT2D eigenvalue weighted by atomic mass is 79.9. The van der Waals surface area contributed by atoms with Gasteiger partial charge in [-0.3, -0.25) is 0 Å². The van der Waals surface area contributed by atoms with Crippen LogP contribution < -0.4 is 14.2 Å². The average Bonchev–Trinajstić information content (AvgIpc) is 2.84. The molecule has 1 aromatic heterocycles. The van der Waals surface area contributed by atoms with Crippen molar-refractivity contribution in [3.05, 3.63) is 36.9 Å². The highest BCUT2D eigenvalue weighted by Gasteiger charge is 2.23. The van der Waals surface area contributed by atoms with Gasteiger partial charge in [-0.15, -0.1) is 22.9 Å². The van der Waals surface area contributed by atoms with Crippen LogP contribution >= 0.6 is 54.8 Å². The predicted molar refractivity (Wildman–Crippen MR) is 93.5 cm³/mol. The number of hydrogen-bond donors (Lipinski definition) is 0. The van der Waals surface area contributed by atoms with Crippen molar-refractivity contribution < 1.29 is 14.2 Å². The second-order valence-electron chi connectivity index (χ2n) is 4.06. The fraction of sp³-hybridized carbons (Fsp3) is 0.286. The standard InChI is InChI=1S/C14H13Br2ClO3S/c1-18-9-5-4-7(12(19-2)13(9)20-3)11(17)10-6-8(15)14(16)21-10/h4-6,11H,1-3H3. The summed E-state index contributed by atoms with van der Waals surface area (Å²) in [6, 6.07) is 5.70. The number of halogens is 3. The minimum Gasteiger partial charge on any atom is -0.493 e. The summed E-state index contributed by atoms with van der Waals surface area (Å²) in [5.74, 6) is 1.73. The summed E-state index contributed by atoms with van der Waals surface area (Å²) in [6.45, 7) is 0. The van der Waals surface area contributed by atoms with Crippen LogP contribution in [0.4, 0.5) is 0 Å². The van der Waals surface area contributed by atoms with Gasteiger partial charge in [-0.05, 0) is 50.1 Å². The summed E-state index contributed by atoms with van der Waals surface area (Å²) in [5, 5.41) is -0.340. The number of thiophene rings is 1. The van der Waals surface area contributed by atoms with Crippen LogP contribution in [0.5, 0.6) is 17.2 Å². The van der Waals surface area contributed by atoms with Crippen LogP contribution in [0.25, 0.3) is 0 Å². The second-order valence-corrected chi connectivity index (χ2v) is 7.75. The van der Waals surface area contributed by atoms with E-state index in [0.29, 0.717) is 17.2 Å². The summed E-state index contributed by atoms with van der Waals surface area (Å²) >= 11 is 15.1.